The molecule has 162 valence electrons. The Morgan fingerprint density at radius 3 is 2.60 bits per heavy atom. The number of amides is 4. The second-order valence-corrected chi connectivity index (χ2v) is 8.48. The molecule has 2 aliphatic heterocycles. The average molecular weight is 415 g/mol. The number of ether oxygens (including phenoxy) is 1. The van der Waals surface area contributed by atoms with Crippen molar-refractivity contribution in [3.63, 3.8) is 0 Å². The summed E-state index contributed by atoms with van der Waals surface area (Å²) in [6, 6.07) is 7.39. The van der Waals surface area contributed by atoms with Crippen molar-refractivity contribution in [2.75, 3.05) is 44.7 Å². The third-order valence-electron chi connectivity index (χ3n) is 6.85. The lowest BCUT2D eigenvalue weighted by Crippen LogP contribution is -2.55. The van der Waals surface area contributed by atoms with Gasteiger partial charge in [0.1, 0.15) is 17.8 Å². The van der Waals surface area contributed by atoms with Gasteiger partial charge in [0.05, 0.1) is 12.8 Å². The predicted octanol–water partition coefficient (Wildman–Crippen LogP) is 1.84. The number of carbonyl (C=O) groups excluding carboxylic acids is 3. The number of imide groups is 1. The molecule has 4 amide bonds. The van der Waals surface area contributed by atoms with Crippen LogP contribution in [0.1, 0.15) is 32.6 Å². The zero-order valence-corrected chi connectivity index (χ0v) is 17.7. The van der Waals surface area contributed by atoms with E-state index in [1.165, 1.54) is 0 Å². The van der Waals surface area contributed by atoms with Gasteiger partial charge < -0.3 is 19.9 Å². The highest BCUT2D eigenvalue weighted by Crippen LogP contribution is 2.38. The summed E-state index contributed by atoms with van der Waals surface area (Å²) in [4.78, 5) is 43.5. The van der Waals surface area contributed by atoms with E-state index in [1.807, 2.05) is 31.2 Å². The zero-order valence-electron chi connectivity index (χ0n) is 17.7. The third kappa shape index (κ3) is 3.48. The summed E-state index contributed by atoms with van der Waals surface area (Å²) in [5, 5.41) is 2.91. The van der Waals surface area contributed by atoms with Crippen LogP contribution in [0.3, 0.4) is 0 Å². The lowest BCUT2D eigenvalue weighted by atomic mass is 9.73. The molecule has 4 rings (SSSR count). The van der Waals surface area contributed by atoms with Crippen LogP contribution in [0.15, 0.2) is 24.3 Å². The highest BCUT2D eigenvalue weighted by atomic mass is 16.5. The molecule has 0 aromatic heterocycles. The van der Waals surface area contributed by atoms with Gasteiger partial charge in [0, 0.05) is 26.2 Å². The lowest BCUT2D eigenvalue weighted by molar-refractivity contribution is -0.140. The molecule has 1 aliphatic carbocycles. The van der Waals surface area contributed by atoms with Crippen molar-refractivity contribution in [3.8, 4) is 5.75 Å². The summed E-state index contributed by atoms with van der Waals surface area (Å²) >= 11 is 0. The van der Waals surface area contributed by atoms with Crippen molar-refractivity contribution in [1.82, 2.24) is 15.1 Å². The third-order valence-corrected chi connectivity index (χ3v) is 6.85. The molecule has 8 nitrogen and oxygen atoms in total. The molecule has 1 aromatic carbocycles. The number of piperazine rings is 1. The predicted molar refractivity (Wildman–Crippen MR) is 112 cm³/mol. The Morgan fingerprint density at radius 1 is 1.17 bits per heavy atom. The Balaban J connectivity index is 1.37. The Hall–Kier alpha value is -2.77. The maximum absolute atomic E-state index is 13.1. The lowest BCUT2D eigenvalue weighted by Gasteiger charge is -2.38. The number of carbonyl (C=O) groups is 3. The van der Waals surface area contributed by atoms with Crippen LogP contribution in [0, 0.1) is 5.92 Å². The number of nitrogens with one attached hydrogen (secondary N) is 1. The fourth-order valence-electron chi connectivity index (χ4n) is 4.96. The van der Waals surface area contributed by atoms with E-state index in [0.29, 0.717) is 32.6 Å². The van der Waals surface area contributed by atoms with E-state index in [4.69, 9.17) is 4.74 Å². The molecule has 2 saturated heterocycles. The number of rotatable bonds is 4. The monoisotopic (exact) mass is 414 g/mol. The van der Waals surface area contributed by atoms with Crippen molar-refractivity contribution < 1.29 is 19.1 Å². The number of benzene rings is 1. The largest absolute Gasteiger partial charge is 0.495 e. The Kier molecular flexibility index (Phi) is 5.58. The van der Waals surface area contributed by atoms with E-state index in [1.54, 1.807) is 12.0 Å². The molecule has 3 aliphatic rings. The van der Waals surface area contributed by atoms with E-state index in [9.17, 15) is 14.4 Å². The molecule has 0 unspecified atom stereocenters. The van der Waals surface area contributed by atoms with Gasteiger partial charge in [-0.25, -0.2) is 4.79 Å². The molecule has 30 heavy (non-hydrogen) atoms. The average Bonchev–Trinajstić information content (AvgIpc) is 3.00. The molecule has 1 N–H and O–H groups in total. The van der Waals surface area contributed by atoms with Crippen LogP contribution in [0.4, 0.5) is 10.5 Å². The maximum atomic E-state index is 13.1. The minimum absolute atomic E-state index is 0.0900. The van der Waals surface area contributed by atoms with E-state index in [-0.39, 0.29) is 24.3 Å². The molecule has 8 heteroatoms. The number of hydrogen-bond donors (Lipinski definition) is 1. The molecule has 0 bridgehead atoms. The quantitative estimate of drug-likeness (QED) is 0.761. The van der Waals surface area contributed by atoms with Gasteiger partial charge in [-0.2, -0.15) is 0 Å². The SMILES string of the molecule is COc1ccccc1N1CCN(C(=O)CN2C(=O)N[C@@]3(CCCC[C@H]3C)C2=O)CC1. The Labute approximate surface area is 177 Å². The van der Waals surface area contributed by atoms with Gasteiger partial charge >= 0.3 is 6.03 Å². The van der Waals surface area contributed by atoms with Gasteiger partial charge in [-0.1, -0.05) is 31.9 Å². The number of hydrogen-bond acceptors (Lipinski definition) is 5. The minimum atomic E-state index is -0.821. The van der Waals surface area contributed by atoms with Crippen LogP contribution in [0.5, 0.6) is 5.75 Å². The van der Waals surface area contributed by atoms with Crippen molar-refractivity contribution in [3.05, 3.63) is 24.3 Å². The summed E-state index contributed by atoms with van der Waals surface area (Å²) in [6.07, 6.45) is 3.56. The standard InChI is InChI=1S/C22H30N4O4/c1-16-7-5-6-10-22(16)20(28)26(21(29)23-22)15-19(27)25-13-11-24(12-14-25)17-8-3-4-9-18(17)30-2/h3-4,8-9,16H,5-7,10-15H2,1-2H3,(H,23,29)/t16-,22-/m1/s1. The van der Waals surface area contributed by atoms with Gasteiger partial charge in [-0.15, -0.1) is 0 Å². The molecule has 0 radical (unpaired) electrons. The van der Waals surface area contributed by atoms with Gasteiger partial charge in [0.25, 0.3) is 5.91 Å². The molecule has 2 heterocycles. The number of urea groups is 1. The fourth-order valence-corrected chi connectivity index (χ4v) is 4.96. The number of para-hydroxylation sites is 2. The van der Waals surface area contributed by atoms with Crippen LogP contribution in [-0.4, -0.2) is 73.0 Å². The molecule has 3 fully saturated rings. The minimum Gasteiger partial charge on any atom is -0.495 e. The summed E-state index contributed by atoms with van der Waals surface area (Å²) in [5.41, 5.74) is 0.187. The van der Waals surface area contributed by atoms with Crippen molar-refractivity contribution in [2.45, 2.75) is 38.1 Å². The van der Waals surface area contributed by atoms with E-state index >= 15 is 0 Å². The summed E-state index contributed by atoms with van der Waals surface area (Å²) in [6.45, 7) is 4.26. The second kappa shape index (κ2) is 8.16. The second-order valence-electron chi connectivity index (χ2n) is 8.48. The summed E-state index contributed by atoms with van der Waals surface area (Å²) in [5.74, 6) is 0.482. The van der Waals surface area contributed by atoms with Crippen LogP contribution in [0.2, 0.25) is 0 Å². The van der Waals surface area contributed by atoms with Gasteiger partial charge in [-0.3, -0.25) is 14.5 Å². The molecule has 1 aromatic rings. The van der Waals surface area contributed by atoms with Gasteiger partial charge in [0.15, 0.2) is 0 Å². The first-order chi connectivity index (χ1) is 14.5. The van der Waals surface area contributed by atoms with E-state index in [2.05, 4.69) is 10.2 Å². The normalized spacial score (nSPS) is 26.9. The fraction of sp³-hybridized carbons (Fsp3) is 0.591. The van der Waals surface area contributed by atoms with Crippen molar-refractivity contribution in [1.29, 1.82) is 0 Å². The number of methoxy groups -OCH3 is 1. The Morgan fingerprint density at radius 2 is 1.90 bits per heavy atom. The first kappa shape index (κ1) is 20.5. The van der Waals surface area contributed by atoms with Crippen LogP contribution in [0.25, 0.3) is 0 Å². The smallest absolute Gasteiger partial charge is 0.325 e. The summed E-state index contributed by atoms with van der Waals surface area (Å²) < 4.78 is 5.44. The van der Waals surface area contributed by atoms with E-state index in [0.717, 1.165) is 35.6 Å². The number of nitrogens with zero attached hydrogens (tertiary/aromatic N) is 3. The van der Waals surface area contributed by atoms with Gasteiger partial charge in [0.2, 0.25) is 5.91 Å². The number of anilines is 1. The van der Waals surface area contributed by atoms with Crippen molar-refractivity contribution in [2.24, 2.45) is 5.92 Å². The highest BCUT2D eigenvalue weighted by Gasteiger charge is 2.55. The molecule has 1 saturated carbocycles. The molecule has 2 atom stereocenters. The van der Waals surface area contributed by atoms with Crippen molar-refractivity contribution >= 4 is 23.5 Å². The zero-order chi connectivity index (χ0) is 21.3. The van der Waals surface area contributed by atoms with Gasteiger partial charge in [-0.05, 0) is 30.9 Å². The first-order valence-corrected chi connectivity index (χ1v) is 10.8. The highest BCUT2D eigenvalue weighted by molar-refractivity contribution is 6.09. The van der Waals surface area contributed by atoms with Crippen LogP contribution < -0.4 is 15.0 Å². The van der Waals surface area contributed by atoms with E-state index < -0.39 is 11.6 Å². The Bertz CT molecular complexity index is 836. The van der Waals surface area contributed by atoms with Crippen LogP contribution in [-0.2, 0) is 9.59 Å². The topological polar surface area (TPSA) is 82.2 Å². The maximum Gasteiger partial charge on any atom is 0.325 e. The first-order valence-electron chi connectivity index (χ1n) is 10.8. The molecular weight excluding hydrogens is 384 g/mol. The summed E-state index contributed by atoms with van der Waals surface area (Å²) in [7, 11) is 1.65. The molecular formula is C22H30N4O4. The molecule has 1 spiro atoms. The van der Waals surface area contributed by atoms with Crippen LogP contribution >= 0.6 is 0 Å².